The zero-order valence-corrected chi connectivity index (χ0v) is 9.69. The molecule has 1 saturated heterocycles. The van der Waals surface area contributed by atoms with Gasteiger partial charge in [-0.1, -0.05) is 0 Å². The van der Waals surface area contributed by atoms with Crippen LogP contribution < -0.4 is 13.8 Å². The lowest BCUT2D eigenvalue weighted by molar-refractivity contribution is -0.117. The number of amides is 1. The Kier molecular flexibility index (Phi) is 2.58. The maximum atomic E-state index is 11.6. The Labute approximate surface area is 97.8 Å². The molecule has 1 amide bonds. The van der Waals surface area contributed by atoms with Crippen molar-refractivity contribution in [3.05, 3.63) is 18.2 Å². The van der Waals surface area contributed by atoms with Crippen LogP contribution in [0.4, 0.5) is 5.69 Å². The molecular formula is C9H10N2O5S. The minimum atomic E-state index is -3.92. The van der Waals surface area contributed by atoms with Gasteiger partial charge in [0.25, 0.3) is 5.91 Å². The molecule has 0 bridgehead atoms. The van der Waals surface area contributed by atoms with E-state index in [4.69, 9.17) is 4.74 Å². The van der Waals surface area contributed by atoms with Crippen LogP contribution in [0.5, 0.6) is 11.5 Å². The van der Waals surface area contributed by atoms with Crippen LogP contribution in [0, 0.1) is 0 Å². The van der Waals surface area contributed by atoms with Gasteiger partial charge in [-0.25, -0.2) is 9.03 Å². The summed E-state index contributed by atoms with van der Waals surface area (Å²) >= 11 is 0. The van der Waals surface area contributed by atoms with Gasteiger partial charge in [0.2, 0.25) is 0 Å². The third-order valence-electron chi connectivity index (χ3n) is 2.27. The molecule has 1 aromatic carbocycles. The third kappa shape index (κ3) is 1.98. The molecule has 2 rings (SSSR count). The second-order valence-electron chi connectivity index (χ2n) is 3.39. The van der Waals surface area contributed by atoms with E-state index in [0.717, 1.165) is 4.31 Å². The number of rotatable bonds is 2. The molecule has 1 aromatic rings. The molecule has 2 N–H and O–H groups in total. The number of hydrogen-bond acceptors (Lipinski definition) is 5. The summed E-state index contributed by atoms with van der Waals surface area (Å²) in [5, 5.41) is 9.61. The Bertz CT molecular complexity index is 569. The summed E-state index contributed by atoms with van der Waals surface area (Å²) in [5.41, 5.74) is 0.00250. The quantitative estimate of drug-likeness (QED) is 0.751. The molecule has 1 fully saturated rings. The number of carbonyl (C=O) groups is 1. The van der Waals surface area contributed by atoms with E-state index in [1.165, 1.54) is 25.3 Å². The molecule has 1 heterocycles. The average Bonchev–Trinajstić information content (AvgIpc) is 2.52. The van der Waals surface area contributed by atoms with Gasteiger partial charge in [0.15, 0.2) is 0 Å². The van der Waals surface area contributed by atoms with Gasteiger partial charge in [-0.15, -0.1) is 0 Å². The van der Waals surface area contributed by atoms with Crippen molar-refractivity contribution in [2.45, 2.75) is 0 Å². The predicted octanol–water partition coefficient (Wildman–Crippen LogP) is -0.418. The zero-order chi connectivity index (χ0) is 12.6. The number of benzene rings is 1. The van der Waals surface area contributed by atoms with Crippen molar-refractivity contribution in [1.29, 1.82) is 0 Å². The Morgan fingerprint density at radius 2 is 2.18 bits per heavy atom. The largest absolute Gasteiger partial charge is 0.506 e. The Hall–Kier alpha value is -1.96. The highest BCUT2D eigenvalue weighted by atomic mass is 32.2. The molecule has 0 aliphatic carbocycles. The predicted molar refractivity (Wildman–Crippen MR) is 59.1 cm³/mol. The van der Waals surface area contributed by atoms with Crippen molar-refractivity contribution < 1.29 is 23.1 Å². The van der Waals surface area contributed by atoms with Gasteiger partial charge in [-0.2, -0.15) is 8.42 Å². The molecule has 8 heteroatoms. The first-order valence-corrected chi connectivity index (χ1v) is 6.08. The van der Waals surface area contributed by atoms with Crippen LogP contribution in [0.15, 0.2) is 18.2 Å². The summed E-state index contributed by atoms with van der Waals surface area (Å²) in [7, 11) is -2.50. The van der Waals surface area contributed by atoms with E-state index in [9.17, 15) is 18.3 Å². The fourth-order valence-electron chi connectivity index (χ4n) is 1.49. The van der Waals surface area contributed by atoms with Crippen LogP contribution in [0.2, 0.25) is 0 Å². The summed E-state index contributed by atoms with van der Waals surface area (Å²) < 4.78 is 30.7. The summed E-state index contributed by atoms with van der Waals surface area (Å²) in [6, 6.07) is 4.12. The normalized spacial score (nSPS) is 17.9. The lowest BCUT2D eigenvalue weighted by Gasteiger charge is -2.16. The van der Waals surface area contributed by atoms with E-state index in [1.807, 2.05) is 4.72 Å². The smallest absolute Gasteiger partial charge is 0.326 e. The zero-order valence-electron chi connectivity index (χ0n) is 8.87. The lowest BCUT2D eigenvalue weighted by Crippen LogP contribution is -2.29. The number of methoxy groups -OCH3 is 1. The molecule has 92 valence electrons. The number of nitrogens with zero attached hydrogens (tertiary/aromatic N) is 1. The third-order valence-corrected chi connectivity index (χ3v) is 3.66. The summed E-state index contributed by atoms with van der Waals surface area (Å²) in [5.74, 6) is -0.509. The number of aromatic hydroxyl groups is 1. The van der Waals surface area contributed by atoms with Crippen LogP contribution in [-0.4, -0.2) is 33.1 Å². The van der Waals surface area contributed by atoms with Gasteiger partial charge in [0, 0.05) is 6.07 Å². The molecule has 0 unspecified atom stereocenters. The second-order valence-corrected chi connectivity index (χ2v) is 4.99. The highest BCUT2D eigenvalue weighted by Gasteiger charge is 2.35. The van der Waals surface area contributed by atoms with Crippen molar-refractivity contribution in [1.82, 2.24) is 4.72 Å². The summed E-state index contributed by atoms with van der Waals surface area (Å²) in [6.45, 7) is -0.358. The number of phenols is 1. The van der Waals surface area contributed by atoms with Gasteiger partial charge in [0.05, 0.1) is 12.8 Å². The standard InChI is InChI=1S/C9H10N2O5S/c1-16-6-2-3-8(12)7(4-6)11-5-9(13)10-17(11,14)15/h2-4,12H,5H2,1H3,(H,10,13). The van der Waals surface area contributed by atoms with Gasteiger partial charge < -0.3 is 9.84 Å². The van der Waals surface area contributed by atoms with Crippen molar-refractivity contribution in [3.8, 4) is 11.5 Å². The number of anilines is 1. The first kappa shape index (κ1) is 11.5. The van der Waals surface area contributed by atoms with E-state index in [1.54, 1.807) is 0 Å². The Balaban J connectivity index is 2.50. The van der Waals surface area contributed by atoms with Crippen molar-refractivity contribution in [2.24, 2.45) is 0 Å². The molecule has 0 atom stereocenters. The van der Waals surface area contributed by atoms with Crippen molar-refractivity contribution >= 4 is 21.8 Å². The SMILES string of the molecule is COc1ccc(O)c(N2CC(=O)NS2(=O)=O)c1. The van der Waals surface area contributed by atoms with Gasteiger partial charge in [-0.05, 0) is 12.1 Å². The molecule has 0 saturated carbocycles. The van der Waals surface area contributed by atoms with E-state index < -0.39 is 16.1 Å². The summed E-state index contributed by atoms with van der Waals surface area (Å²) in [4.78, 5) is 11.1. The molecule has 0 radical (unpaired) electrons. The Morgan fingerprint density at radius 3 is 2.71 bits per heavy atom. The van der Waals surface area contributed by atoms with Crippen LogP contribution in [0.3, 0.4) is 0 Å². The van der Waals surface area contributed by atoms with Crippen LogP contribution >= 0.6 is 0 Å². The van der Waals surface area contributed by atoms with Crippen LogP contribution in [0.25, 0.3) is 0 Å². The second kappa shape index (κ2) is 3.81. The maximum Gasteiger partial charge on any atom is 0.326 e. The Morgan fingerprint density at radius 1 is 1.47 bits per heavy atom. The molecule has 1 aliphatic rings. The van der Waals surface area contributed by atoms with E-state index in [-0.39, 0.29) is 18.0 Å². The number of hydrogen-bond donors (Lipinski definition) is 2. The lowest BCUT2D eigenvalue weighted by atomic mass is 10.2. The molecule has 7 nitrogen and oxygen atoms in total. The topological polar surface area (TPSA) is 95.9 Å². The van der Waals surface area contributed by atoms with Gasteiger partial charge in [-0.3, -0.25) is 4.79 Å². The minimum Gasteiger partial charge on any atom is -0.506 e. The van der Waals surface area contributed by atoms with Crippen LogP contribution in [-0.2, 0) is 15.0 Å². The molecular weight excluding hydrogens is 248 g/mol. The number of phenolic OH excluding ortho intramolecular Hbond substituents is 1. The first-order valence-electron chi connectivity index (χ1n) is 4.64. The molecule has 0 spiro atoms. The first-order chi connectivity index (χ1) is 7.94. The number of carbonyl (C=O) groups excluding carboxylic acids is 1. The van der Waals surface area contributed by atoms with Crippen LogP contribution in [0.1, 0.15) is 0 Å². The van der Waals surface area contributed by atoms with Crippen molar-refractivity contribution in [2.75, 3.05) is 18.0 Å². The van der Waals surface area contributed by atoms with Gasteiger partial charge in [0.1, 0.15) is 18.0 Å². The minimum absolute atomic E-state index is 0.00250. The van der Waals surface area contributed by atoms with E-state index >= 15 is 0 Å². The number of nitrogens with one attached hydrogen (secondary N) is 1. The van der Waals surface area contributed by atoms with Gasteiger partial charge >= 0.3 is 10.2 Å². The summed E-state index contributed by atoms with van der Waals surface area (Å²) in [6.07, 6.45) is 0. The maximum absolute atomic E-state index is 11.6. The number of ether oxygens (including phenoxy) is 1. The monoisotopic (exact) mass is 258 g/mol. The highest BCUT2D eigenvalue weighted by molar-refractivity contribution is 7.92. The van der Waals surface area contributed by atoms with E-state index in [2.05, 4.69) is 0 Å². The molecule has 17 heavy (non-hydrogen) atoms. The van der Waals surface area contributed by atoms with E-state index in [0.29, 0.717) is 5.75 Å². The fraction of sp³-hybridized carbons (Fsp3) is 0.222. The highest BCUT2D eigenvalue weighted by Crippen LogP contribution is 2.33. The molecule has 0 aromatic heterocycles. The fourth-order valence-corrected chi connectivity index (χ4v) is 2.65. The van der Waals surface area contributed by atoms with Crippen molar-refractivity contribution in [3.63, 3.8) is 0 Å². The average molecular weight is 258 g/mol. The molecule has 1 aliphatic heterocycles.